The van der Waals surface area contributed by atoms with Crippen LogP contribution in [0.2, 0.25) is 5.02 Å². The van der Waals surface area contributed by atoms with E-state index in [1.807, 2.05) is 24.3 Å². The van der Waals surface area contributed by atoms with Gasteiger partial charge in [-0.15, -0.1) is 0 Å². The van der Waals surface area contributed by atoms with Crippen molar-refractivity contribution in [1.29, 1.82) is 0 Å². The summed E-state index contributed by atoms with van der Waals surface area (Å²) in [6.07, 6.45) is 4.05. The fourth-order valence-corrected chi connectivity index (χ4v) is 2.62. The van der Waals surface area contributed by atoms with Crippen molar-refractivity contribution in [2.75, 3.05) is 6.61 Å². The molecule has 0 radical (unpaired) electrons. The maximum Gasteiger partial charge on any atom is 0.245 e. The summed E-state index contributed by atoms with van der Waals surface area (Å²) in [4.78, 5) is 11.3. The van der Waals surface area contributed by atoms with Gasteiger partial charge in [0.25, 0.3) is 0 Å². The second-order valence-electron chi connectivity index (χ2n) is 6.74. The fraction of sp³-hybridized carbons (Fsp3) is 0.381. The van der Waals surface area contributed by atoms with Crippen LogP contribution in [0.4, 0.5) is 8.78 Å². The minimum atomic E-state index is -0.537. The van der Waals surface area contributed by atoms with Gasteiger partial charge in [-0.3, -0.25) is 10.0 Å². The lowest BCUT2D eigenvalue weighted by atomic mass is 10.0. The van der Waals surface area contributed by atoms with E-state index in [0.29, 0.717) is 12.5 Å². The van der Waals surface area contributed by atoms with Crippen LogP contribution < -0.4 is 5.48 Å². The summed E-state index contributed by atoms with van der Waals surface area (Å²) in [5.74, 6) is -0.817. The Bertz CT molecular complexity index is 721. The van der Waals surface area contributed by atoms with Crippen molar-refractivity contribution < 1.29 is 23.5 Å². The average molecular weight is 412 g/mol. The van der Waals surface area contributed by atoms with E-state index in [1.54, 1.807) is 5.48 Å². The molecule has 0 bridgehead atoms. The van der Waals surface area contributed by atoms with Crippen LogP contribution in [-0.4, -0.2) is 23.8 Å². The van der Waals surface area contributed by atoms with Crippen molar-refractivity contribution in [3.63, 3.8) is 0 Å². The Kier molecular flexibility index (Phi) is 9.34. The predicted octanol–water partition coefficient (Wildman–Crippen LogP) is 4.93. The molecule has 0 aliphatic heterocycles. The number of aryl methyl sites for hydroxylation is 1. The summed E-state index contributed by atoms with van der Waals surface area (Å²) in [5, 5.41) is 9.34. The predicted molar refractivity (Wildman–Crippen MR) is 103 cm³/mol. The molecule has 7 heteroatoms. The van der Waals surface area contributed by atoms with Gasteiger partial charge >= 0.3 is 0 Å². The van der Waals surface area contributed by atoms with Gasteiger partial charge in [0, 0.05) is 17.7 Å². The third-order valence-electron chi connectivity index (χ3n) is 4.26. The van der Waals surface area contributed by atoms with E-state index in [2.05, 4.69) is 0 Å². The first-order chi connectivity index (χ1) is 13.5. The molecule has 2 aromatic carbocycles. The molecule has 1 aliphatic carbocycles. The number of halogens is 3. The quantitative estimate of drug-likeness (QED) is 0.478. The maximum absolute atomic E-state index is 11.9. The second-order valence-corrected chi connectivity index (χ2v) is 7.18. The summed E-state index contributed by atoms with van der Waals surface area (Å²) >= 11 is 5.85. The molecule has 0 aromatic heterocycles. The molecule has 3 rings (SSSR count). The Labute approximate surface area is 168 Å². The van der Waals surface area contributed by atoms with Gasteiger partial charge in [-0.1, -0.05) is 29.8 Å². The molecule has 2 aromatic rings. The van der Waals surface area contributed by atoms with Crippen molar-refractivity contribution >= 4 is 17.5 Å². The molecular formula is C21H24ClF2NO3. The first-order valence-electron chi connectivity index (χ1n) is 9.16. The molecule has 1 saturated carbocycles. The lowest BCUT2D eigenvalue weighted by Gasteiger charge is -2.17. The first kappa shape index (κ1) is 22.3. The molecule has 1 amide bonds. The average Bonchev–Trinajstić information content (AvgIpc) is 3.50. The van der Waals surface area contributed by atoms with E-state index in [-0.39, 0.29) is 12.5 Å². The number of hydroxylamine groups is 1. The van der Waals surface area contributed by atoms with Crippen LogP contribution in [0.5, 0.6) is 0 Å². The molecule has 0 spiro atoms. The Morgan fingerprint density at radius 1 is 1.18 bits per heavy atom. The minimum absolute atomic E-state index is 0.154. The zero-order chi connectivity index (χ0) is 20.4. The highest BCUT2D eigenvalue weighted by Crippen LogP contribution is 2.29. The molecule has 1 fully saturated rings. The van der Waals surface area contributed by atoms with Crippen LogP contribution in [0.1, 0.15) is 31.2 Å². The van der Waals surface area contributed by atoms with E-state index >= 15 is 0 Å². The molecule has 2 N–H and O–H groups in total. The Balaban J connectivity index is 0.000000292. The van der Waals surface area contributed by atoms with Crippen molar-refractivity contribution in [3.05, 3.63) is 70.8 Å². The van der Waals surface area contributed by atoms with E-state index in [1.165, 1.54) is 36.6 Å². The molecule has 1 aliphatic rings. The normalized spacial score (nSPS) is 14.0. The summed E-state index contributed by atoms with van der Waals surface area (Å²) < 4.78 is 29.6. The highest BCUT2D eigenvalue weighted by Gasteiger charge is 2.24. The number of hydrogen-bond acceptors (Lipinski definition) is 3. The molecule has 1 atom stereocenters. The topological polar surface area (TPSA) is 58.6 Å². The number of hydrogen-bond donors (Lipinski definition) is 2. The van der Waals surface area contributed by atoms with Crippen LogP contribution >= 0.6 is 11.6 Å². The molecule has 28 heavy (non-hydrogen) atoms. The highest BCUT2D eigenvalue weighted by atomic mass is 35.5. The highest BCUT2D eigenvalue weighted by molar-refractivity contribution is 6.30. The lowest BCUT2D eigenvalue weighted by Crippen LogP contribution is -2.27. The summed E-state index contributed by atoms with van der Waals surface area (Å²) in [6.45, 7) is 0.712. The third kappa shape index (κ3) is 9.26. The molecule has 0 saturated heterocycles. The van der Waals surface area contributed by atoms with Gasteiger partial charge in [-0.25, -0.2) is 14.3 Å². The summed E-state index contributed by atoms with van der Waals surface area (Å²) in [7, 11) is 0. The number of benzene rings is 2. The maximum atomic E-state index is 11.9. The zero-order valence-corrected chi connectivity index (χ0v) is 16.2. The second kappa shape index (κ2) is 11.7. The van der Waals surface area contributed by atoms with Gasteiger partial charge in [0.2, 0.25) is 5.91 Å². The van der Waals surface area contributed by atoms with Crippen molar-refractivity contribution in [1.82, 2.24) is 5.48 Å². The Morgan fingerprint density at radius 2 is 1.82 bits per heavy atom. The SMILES string of the molecule is Fc1cccc(F)c1.O=C(CC(CCc1ccc(Cl)cc1)OCC1CC1)NO. The Hall–Kier alpha value is -2.02. The number of carbonyl (C=O) groups is 1. The van der Waals surface area contributed by atoms with Gasteiger partial charge in [0.15, 0.2) is 0 Å². The Morgan fingerprint density at radius 3 is 2.32 bits per heavy atom. The minimum Gasteiger partial charge on any atom is -0.377 e. The molecule has 152 valence electrons. The van der Waals surface area contributed by atoms with Crippen LogP contribution in [0, 0.1) is 17.6 Å². The van der Waals surface area contributed by atoms with Crippen LogP contribution in [0.3, 0.4) is 0 Å². The monoisotopic (exact) mass is 411 g/mol. The van der Waals surface area contributed by atoms with Crippen molar-refractivity contribution in [3.8, 4) is 0 Å². The summed E-state index contributed by atoms with van der Waals surface area (Å²) in [5.41, 5.74) is 2.83. The van der Waals surface area contributed by atoms with E-state index in [0.717, 1.165) is 23.9 Å². The van der Waals surface area contributed by atoms with E-state index in [9.17, 15) is 13.6 Å². The van der Waals surface area contributed by atoms with Gasteiger partial charge in [-0.2, -0.15) is 0 Å². The number of nitrogens with one attached hydrogen (secondary N) is 1. The van der Waals surface area contributed by atoms with Crippen molar-refractivity contribution in [2.45, 2.75) is 38.2 Å². The smallest absolute Gasteiger partial charge is 0.245 e. The number of rotatable bonds is 8. The molecule has 0 heterocycles. The fourth-order valence-electron chi connectivity index (χ4n) is 2.49. The molecule has 1 unspecified atom stereocenters. The third-order valence-corrected chi connectivity index (χ3v) is 4.51. The zero-order valence-electron chi connectivity index (χ0n) is 15.4. The molecule has 4 nitrogen and oxygen atoms in total. The van der Waals surface area contributed by atoms with E-state index < -0.39 is 17.5 Å². The lowest BCUT2D eigenvalue weighted by molar-refractivity contribution is -0.132. The van der Waals surface area contributed by atoms with Crippen LogP contribution in [0.25, 0.3) is 0 Å². The van der Waals surface area contributed by atoms with Crippen LogP contribution in [-0.2, 0) is 16.0 Å². The van der Waals surface area contributed by atoms with Gasteiger partial charge in [0.1, 0.15) is 11.6 Å². The standard InChI is InChI=1S/C15H20ClNO3.C6H4F2/c16-13-6-3-11(4-7-13)5-8-14(9-15(18)17-19)20-10-12-1-2-12;7-5-2-1-3-6(8)4-5/h3-4,6-7,12,14,19H,1-2,5,8-10H2,(H,17,18);1-4H. The number of ether oxygens (including phenoxy) is 1. The van der Waals surface area contributed by atoms with E-state index in [4.69, 9.17) is 21.5 Å². The van der Waals surface area contributed by atoms with Gasteiger partial charge < -0.3 is 4.74 Å². The van der Waals surface area contributed by atoms with Crippen LogP contribution in [0.15, 0.2) is 48.5 Å². The van der Waals surface area contributed by atoms with Gasteiger partial charge in [0.05, 0.1) is 12.5 Å². The molecular weight excluding hydrogens is 388 g/mol. The van der Waals surface area contributed by atoms with Crippen molar-refractivity contribution in [2.24, 2.45) is 5.92 Å². The summed E-state index contributed by atoms with van der Waals surface area (Å²) in [6, 6.07) is 12.2. The number of amides is 1. The first-order valence-corrected chi connectivity index (χ1v) is 9.54. The number of carbonyl (C=O) groups excluding carboxylic acids is 1. The largest absolute Gasteiger partial charge is 0.377 e. The van der Waals surface area contributed by atoms with Gasteiger partial charge in [-0.05, 0) is 61.4 Å².